The molecule has 0 saturated heterocycles. The van der Waals surface area contributed by atoms with Gasteiger partial charge in [-0.05, 0) is 60.2 Å². The molecule has 2 atom stereocenters. The molecule has 0 aliphatic heterocycles. The molecule has 6 nitrogen and oxygen atoms in total. The second kappa shape index (κ2) is 7.14. The first-order valence-electron chi connectivity index (χ1n) is 8.10. The summed E-state index contributed by atoms with van der Waals surface area (Å²) >= 11 is 0. The smallest absolute Gasteiger partial charge is 0.337 e. The van der Waals surface area contributed by atoms with E-state index in [1.54, 1.807) is 12.1 Å². The maximum atomic E-state index is 13.0. The zero-order chi connectivity index (χ0) is 18.9. The molecule has 0 saturated carbocycles. The number of carboxylic acid groups (broad SMARTS) is 1. The first kappa shape index (κ1) is 18.5. The van der Waals surface area contributed by atoms with E-state index < -0.39 is 34.0 Å². The van der Waals surface area contributed by atoms with Crippen molar-refractivity contribution in [2.24, 2.45) is 0 Å². The van der Waals surface area contributed by atoms with E-state index in [-0.39, 0.29) is 10.5 Å². The normalized spacial score (nSPS) is 18.2. The van der Waals surface area contributed by atoms with E-state index in [9.17, 15) is 22.7 Å². The lowest BCUT2D eigenvalue weighted by molar-refractivity contribution is -0.147. The van der Waals surface area contributed by atoms with E-state index in [1.807, 2.05) is 0 Å². The summed E-state index contributed by atoms with van der Waals surface area (Å²) in [7, 11) is -3.86. The molecule has 3 N–H and O–H groups in total. The molecular weight excluding hydrogens is 361 g/mol. The molecule has 0 amide bonds. The van der Waals surface area contributed by atoms with E-state index in [0.717, 1.165) is 12.1 Å². The van der Waals surface area contributed by atoms with Crippen LogP contribution in [0.1, 0.15) is 41.7 Å². The Morgan fingerprint density at radius 3 is 2.54 bits per heavy atom. The Morgan fingerprint density at radius 1 is 1.19 bits per heavy atom. The monoisotopic (exact) mass is 379 g/mol. The summed E-state index contributed by atoms with van der Waals surface area (Å²) in [5, 5.41) is 19.0. The van der Waals surface area contributed by atoms with Crippen molar-refractivity contribution in [2.45, 2.75) is 36.3 Å². The highest BCUT2D eigenvalue weighted by molar-refractivity contribution is 7.89. The second-order valence-electron chi connectivity index (χ2n) is 6.18. The van der Waals surface area contributed by atoms with Crippen molar-refractivity contribution < 1.29 is 27.8 Å². The van der Waals surface area contributed by atoms with Gasteiger partial charge in [0.05, 0.1) is 4.90 Å². The Labute approximate surface area is 150 Å². The number of carbonyl (C=O) groups is 1. The summed E-state index contributed by atoms with van der Waals surface area (Å²) in [6, 6.07) is 8.84. The van der Waals surface area contributed by atoms with E-state index in [2.05, 4.69) is 4.72 Å². The average Bonchev–Trinajstić information content (AvgIpc) is 2.61. The number of sulfonamides is 1. The number of carboxylic acids is 1. The minimum absolute atomic E-state index is 0.0484. The van der Waals surface area contributed by atoms with Crippen molar-refractivity contribution >= 4 is 16.0 Å². The Kier molecular flexibility index (Phi) is 5.08. The summed E-state index contributed by atoms with van der Waals surface area (Å²) in [4.78, 5) is 11.1. The van der Waals surface area contributed by atoms with Gasteiger partial charge in [-0.1, -0.05) is 18.2 Å². The predicted molar refractivity (Wildman–Crippen MR) is 91.4 cm³/mol. The minimum atomic E-state index is -3.86. The van der Waals surface area contributed by atoms with E-state index in [1.165, 1.54) is 18.2 Å². The SMILES string of the molecule is O=C(O)C(O)c1cccc2c1CCCC2NS(=O)(=O)c1ccc(F)cc1. The summed E-state index contributed by atoms with van der Waals surface area (Å²) in [6.45, 7) is 0. The predicted octanol–water partition coefficient (Wildman–Crippen LogP) is 2.30. The van der Waals surface area contributed by atoms with Crippen LogP contribution >= 0.6 is 0 Å². The molecule has 0 aromatic heterocycles. The number of hydrogen-bond acceptors (Lipinski definition) is 4. The van der Waals surface area contributed by atoms with Crippen molar-refractivity contribution in [1.29, 1.82) is 0 Å². The van der Waals surface area contributed by atoms with Gasteiger partial charge in [0.15, 0.2) is 6.10 Å². The largest absolute Gasteiger partial charge is 0.479 e. The van der Waals surface area contributed by atoms with Crippen LogP contribution in [0.15, 0.2) is 47.4 Å². The van der Waals surface area contributed by atoms with Crippen LogP contribution in [-0.4, -0.2) is 24.6 Å². The highest BCUT2D eigenvalue weighted by Crippen LogP contribution is 2.35. The van der Waals surface area contributed by atoms with Crippen molar-refractivity contribution in [2.75, 3.05) is 0 Å². The van der Waals surface area contributed by atoms with Crippen LogP contribution in [0, 0.1) is 5.82 Å². The molecule has 0 bridgehead atoms. The Balaban J connectivity index is 1.94. The van der Waals surface area contributed by atoms with Crippen LogP contribution < -0.4 is 4.72 Å². The maximum Gasteiger partial charge on any atom is 0.337 e. The topological polar surface area (TPSA) is 104 Å². The number of halogens is 1. The zero-order valence-electron chi connectivity index (χ0n) is 13.7. The van der Waals surface area contributed by atoms with Crippen LogP contribution in [0.5, 0.6) is 0 Å². The lowest BCUT2D eigenvalue weighted by atomic mass is 9.84. The zero-order valence-corrected chi connectivity index (χ0v) is 14.5. The van der Waals surface area contributed by atoms with Gasteiger partial charge in [0, 0.05) is 6.04 Å². The van der Waals surface area contributed by atoms with Gasteiger partial charge in [0.2, 0.25) is 10.0 Å². The van der Waals surface area contributed by atoms with Crippen LogP contribution in [0.4, 0.5) is 4.39 Å². The van der Waals surface area contributed by atoms with E-state index in [4.69, 9.17) is 5.11 Å². The number of hydrogen-bond donors (Lipinski definition) is 3. The van der Waals surface area contributed by atoms with Crippen LogP contribution in [0.3, 0.4) is 0 Å². The fraction of sp³-hybridized carbons (Fsp3) is 0.278. The quantitative estimate of drug-likeness (QED) is 0.740. The van der Waals surface area contributed by atoms with E-state index >= 15 is 0 Å². The molecule has 3 rings (SSSR count). The number of aliphatic carboxylic acids is 1. The average molecular weight is 379 g/mol. The highest BCUT2D eigenvalue weighted by Gasteiger charge is 2.29. The number of aliphatic hydroxyl groups is 1. The number of fused-ring (bicyclic) bond motifs is 1. The standard InChI is InChI=1S/C18H18FNO5S/c19-11-7-9-12(10-8-11)26(24,25)20-16-6-2-3-13-14(16)4-1-5-15(13)17(21)18(22)23/h1,4-5,7-10,16-17,20-21H,2-3,6H2,(H,22,23). The molecule has 138 valence electrons. The minimum Gasteiger partial charge on any atom is -0.479 e. The summed E-state index contributed by atoms with van der Waals surface area (Å²) in [5.41, 5.74) is 1.58. The second-order valence-corrected chi connectivity index (χ2v) is 7.89. The molecule has 0 heterocycles. The summed E-state index contributed by atoms with van der Waals surface area (Å²) in [6.07, 6.45) is 0.0925. The van der Waals surface area contributed by atoms with Gasteiger partial charge >= 0.3 is 5.97 Å². The number of aliphatic hydroxyl groups excluding tert-OH is 1. The van der Waals surface area contributed by atoms with Crippen LogP contribution in [0.25, 0.3) is 0 Å². The van der Waals surface area contributed by atoms with Crippen molar-refractivity contribution in [3.8, 4) is 0 Å². The lowest BCUT2D eigenvalue weighted by Gasteiger charge is -2.28. The van der Waals surface area contributed by atoms with Crippen LogP contribution in [-0.2, 0) is 21.2 Å². The molecule has 2 unspecified atom stereocenters. The summed E-state index contributed by atoms with van der Waals surface area (Å²) < 4.78 is 40.8. The van der Waals surface area contributed by atoms with Gasteiger partial charge in [-0.2, -0.15) is 0 Å². The van der Waals surface area contributed by atoms with Gasteiger partial charge in [0.25, 0.3) is 0 Å². The molecule has 0 radical (unpaired) electrons. The molecular formula is C18H18FNO5S. The molecule has 2 aromatic carbocycles. The van der Waals surface area contributed by atoms with Gasteiger partial charge in [-0.15, -0.1) is 0 Å². The highest BCUT2D eigenvalue weighted by atomic mass is 32.2. The lowest BCUT2D eigenvalue weighted by Crippen LogP contribution is -2.31. The van der Waals surface area contributed by atoms with Crippen molar-refractivity contribution in [1.82, 2.24) is 4.72 Å². The molecule has 1 aliphatic carbocycles. The first-order chi connectivity index (χ1) is 12.3. The van der Waals surface area contributed by atoms with Crippen molar-refractivity contribution in [3.05, 3.63) is 65.0 Å². The fourth-order valence-electron chi connectivity index (χ4n) is 3.26. The Morgan fingerprint density at radius 2 is 1.88 bits per heavy atom. The molecule has 0 spiro atoms. The van der Waals surface area contributed by atoms with Gasteiger partial charge in [0.1, 0.15) is 5.82 Å². The van der Waals surface area contributed by atoms with Gasteiger partial charge in [-0.25, -0.2) is 22.3 Å². The molecule has 8 heteroatoms. The third-order valence-corrected chi connectivity index (χ3v) is 5.98. The molecule has 1 aliphatic rings. The molecule has 0 fully saturated rings. The number of benzene rings is 2. The van der Waals surface area contributed by atoms with Gasteiger partial charge < -0.3 is 10.2 Å². The Hall–Kier alpha value is -2.29. The fourth-order valence-corrected chi connectivity index (χ4v) is 4.51. The third-order valence-electron chi connectivity index (χ3n) is 4.49. The number of nitrogens with one attached hydrogen (secondary N) is 1. The van der Waals surface area contributed by atoms with Crippen molar-refractivity contribution in [3.63, 3.8) is 0 Å². The van der Waals surface area contributed by atoms with E-state index in [0.29, 0.717) is 30.4 Å². The molecule has 26 heavy (non-hydrogen) atoms. The molecule has 2 aromatic rings. The number of rotatable bonds is 5. The third kappa shape index (κ3) is 3.62. The Bertz CT molecular complexity index is 927. The first-order valence-corrected chi connectivity index (χ1v) is 9.58. The maximum absolute atomic E-state index is 13.0. The van der Waals surface area contributed by atoms with Gasteiger partial charge in [-0.3, -0.25) is 0 Å². The van der Waals surface area contributed by atoms with Crippen LogP contribution in [0.2, 0.25) is 0 Å². The summed E-state index contributed by atoms with van der Waals surface area (Å²) in [5.74, 6) is -1.88.